The molecular weight excluding hydrogens is 238 g/mol. The van der Waals surface area contributed by atoms with Crippen LogP contribution in [0.3, 0.4) is 0 Å². The fraction of sp³-hybridized carbons (Fsp3) is 0.800. The molecule has 0 unspecified atom stereocenters. The summed E-state index contributed by atoms with van der Waals surface area (Å²) in [5.74, 6) is 0.895. The molecule has 4 nitrogen and oxygen atoms in total. The summed E-state index contributed by atoms with van der Waals surface area (Å²) in [4.78, 5) is 0. The van der Waals surface area contributed by atoms with E-state index >= 15 is 0 Å². The van der Waals surface area contributed by atoms with Gasteiger partial charge in [-0.3, -0.25) is 4.68 Å². The predicted molar refractivity (Wildman–Crippen MR) is 77.5 cm³/mol. The SMILES string of the molecule is CCCn1cc(OCCCNC2CCCCC2)cn1. The maximum absolute atomic E-state index is 5.70. The summed E-state index contributed by atoms with van der Waals surface area (Å²) in [6.45, 7) is 4.96. The first-order valence-corrected chi connectivity index (χ1v) is 7.77. The smallest absolute Gasteiger partial charge is 0.157 e. The van der Waals surface area contributed by atoms with Gasteiger partial charge in [0.2, 0.25) is 0 Å². The largest absolute Gasteiger partial charge is 0.490 e. The quantitative estimate of drug-likeness (QED) is 0.734. The van der Waals surface area contributed by atoms with Gasteiger partial charge in [0.15, 0.2) is 5.75 Å². The van der Waals surface area contributed by atoms with Crippen LogP contribution in [0.5, 0.6) is 5.75 Å². The average molecular weight is 265 g/mol. The third kappa shape index (κ3) is 5.23. The van der Waals surface area contributed by atoms with Crippen LogP contribution in [-0.4, -0.2) is 29.0 Å². The Hall–Kier alpha value is -1.03. The van der Waals surface area contributed by atoms with Crippen molar-refractivity contribution in [2.24, 2.45) is 0 Å². The minimum Gasteiger partial charge on any atom is -0.490 e. The Labute approximate surface area is 116 Å². The van der Waals surface area contributed by atoms with Crippen molar-refractivity contribution in [3.8, 4) is 5.75 Å². The summed E-state index contributed by atoms with van der Waals surface area (Å²) in [5, 5.41) is 7.89. The van der Waals surface area contributed by atoms with E-state index in [0.29, 0.717) is 0 Å². The van der Waals surface area contributed by atoms with Crippen molar-refractivity contribution in [1.82, 2.24) is 15.1 Å². The second-order valence-corrected chi connectivity index (χ2v) is 5.43. The molecule has 0 bridgehead atoms. The normalized spacial score (nSPS) is 16.7. The van der Waals surface area contributed by atoms with Crippen LogP contribution in [0, 0.1) is 0 Å². The van der Waals surface area contributed by atoms with E-state index in [9.17, 15) is 0 Å². The number of ether oxygens (including phenoxy) is 1. The molecule has 1 fully saturated rings. The lowest BCUT2D eigenvalue weighted by atomic mass is 9.95. The van der Waals surface area contributed by atoms with Gasteiger partial charge in [-0.1, -0.05) is 26.2 Å². The van der Waals surface area contributed by atoms with Gasteiger partial charge in [-0.15, -0.1) is 0 Å². The number of hydrogen-bond acceptors (Lipinski definition) is 3. The van der Waals surface area contributed by atoms with E-state index < -0.39 is 0 Å². The summed E-state index contributed by atoms with van der Waals surface area (Å²) in [7, 11) is 0. The molecule has 108 valence electrons. The van der Waals surface area contributed by atoms with E-state index in [1.54, 1.807) is 0 Å². The molecule has 0 aliphatic heterocycles. The summed E-state index contributed by atoms with van der Waals surface area (Å²) in [6.07, 6.45) is 12.9. The molecule has 1 aromatic rings. The zero-order valence-electron chi connectivity index (χ0n) is 12.1. The highest BCUT2D eigenvalue weighted by Crippen LogP contribution is 2.17. The molecular formula is C15H27N3O. The molecule has 1 aliphatic rings. The number of nitrogens with one attached hydrogen (secondary N) is 1. The van der Waals surface area contributed by atoms with Gasteiger partial charge in [0, 0.05) is 12.6 Å². The van der Waals surface area contributed by atoms with E-state index in [1.807, 2.05) is 17.1 Å². The van der Waals surface area contributed by atoms with E-state index in [2.05, 4.69) is 17.3 Å². The van der Waals surface area contributed by atoms with E-state index in [1.165, 1.54) is 32.1 Å². The van der Waals surface area contributed by atoms with Gasteiger partial charge >= 0.3 is 0 Å². The van der Waals surface area contributed by atoms with E-state index in [-0.39, 0.29) is 0 Å². The highest BCUT2D eigenvalue weighted by Gasteiger charge is 2.11. The standard InChI is InChI=1S/C15H27N3O/c1-2-10-18-13-15(12-17-18)19-11-6-9-16-14-7-4-3-5-8-14/h12-14,16H,2-11H2,1H3. The van der Waals surface area contributed by atoms with Gasteiger partial charge < -0.3 is 10.1 Å². The van der Waals surface area contributed by atoms with Crippen LogP contribution in [0.4, 0.5) is 0 Å². The zero-order chi connectivity index (χ0) is 13.3. The van der Waals surface area contributed by atoms with Crippen LogP contribution in [0.25, 0.3) is 0 Å². The number of aromatic nitrogens is 2. The highest BCUT2D eigenvalue weighted by molar-refractivity contribution is 5.11. The van der Waals surface area contributed by atoms with E-state index in [4.69, 9.17) is 4.74 Å². The highest BCUT2D eigenvalue weighted by atomic mass is 16.5. The third-order valence-electron chi connectivity index (χ3n) is 3.69. The van der Waals surface area contributed by atoms with Crippen LogP contribution in [0.15, 0.2) is 12.4 Å². The monoisotopic (exact) mass is 265 g/mol. The third-order valence-corrected chi connectivity index (χ3v) is 3.69. The minimum atomic E-state index is 0.751. The fourth-order valence-electron chi connectivity index (χ4n) is 2.65. The molecule has 1 heterocycles. The lowest BCUT2D eigenvalue weighted by Crippen LogP contribution is -2.32. The first kappa shape index (κ1) is 14.4. The molecule has 0 radical (unpaired) electrons. The van der Waals surface area contributed by atoms with Crippen molar-refractivity contribution in [3.63, 3.8) is 0 Å². The minimum absolute atomic E-state index is 0.751. The van der Waals surface area contributed by atoms with Gasteiger partial charge in [-0.05, 0) is 32.2 Å². The van der Waals surface area contributed by atoms with Gasteiger partial charge in [-0.2, -0.15) is 5.10 Å². The Morgan fingerprint density at radius 1 is 1.37 bits per heavy atom. The maximum Gasteiger partial charge on any atom is 0.157 e. The Morgan fingerprint density at radius 2 is 2.21 bits per heavy atom. The number of aryl methyl sites for hydroxylation is 1. The second kappa shape index (κ2) is 8.20. The zero-order valence-corrected chi connectivity index (χ0v) is 12.1. The summed E-state index contributed by atoms with van der Waals surface area (Å²) in [5.41, 5.74) is 0. The molecule has 1 aromatic heterocycles. The van der Waals surface area contributed by atoms with Crippen molar-refractivity contribution in [3.05, 3.63) is 12.4 Å². The molecule has 0 atom stereocenters. The predicted octanol–water partition coefficient (Wildman–Crippen LogP) is 2.98. The molecule has 19 heavy (non-hydrogen) atoms. The van der Waals surface area contributed by atoms with Crippen molar-refractivity contribution < 1.29 is 4.74 Å². The molecule has 0 saturated heterocycles. The molecule has 1 N–H and O–H groups in total. The van der Waals surface area contributed by atoms with Crippen molar-refractivity contribution in [1.29, 1.82) is 0 Å². The Balaban J connectivity index is 1.53. The average Bonchev–Trinajstić information content (AvgIpc) is 2.88. The van der Waals surface area contributed by atoms with Gasteiger partial charge in [0.25, 0.3) is 0 Å². The van der Waals surface area contributed by atoms with Crippen LogP contribution in [0.1, 0.15) is 51.9 Å². The molecule has 1 saturated carbocycles. The summed E-state index contributed by atoms with van der Waals surface area (Å²) < 4.78 is 7.64. The Morgan fingerprint density at radius 3 is 3.00 bits per heavy atom. The summed E-state index contributed by atoms with van der Waals surface area (Å²) >= 11 is 0. The molecule has 0 aromatic carbocycles. The Bertz CT molecular complexity index is 345. The second-order valence-electron chi connectivity index (χ2n) is 5.43. The lowest BCUT2D eigenvalue weighted by Gasteiger charge is -2.22. The first-order valence-electron chi connectivity index (χ1n) is 7.77. The van der Waals surface area contributed by atoms with E-state index in [0.717, 1.165) is 44.3 Å². The van der Waals surface area contributed by atoms with Crippen molar-refractivity contribution >= 4 is 0 Å². The molecule has 0 amide bonds. The van der Waals surface area contributed by atoms with Crippen LogP contribution in [-0.2, 0) is 6.54 Å². The maximum atomic E-state index is 5.70. The Kier molecular flexibility index (Phi) is 6.21. The first-order chi connectivity index (χ1) is 9.38. The van der Waals surface area contributed by atoms with Crippen LogP contribution < -0.4 is 10.1 Å². The molecule has 4 heteroatoms. The lowest BCUT2D eigenvalue weighted by molar-refractivity contribution is 0.296. The van der Waals surface area contributed by atoms with Gasteiger partial charge in [-0.25, -0.2) is 0 Å². The summed E-state index contributed by atoms with van der Waals surface area (Å²) in [6, 6.07) is 0.751. The van der Waals surface area contributed by atoms with Gasteiger partial charge in [0.05, 0.1) is 19.0 Å². The van der Waals surface area contributed by atoms with Crippen LogP contribution in [0.2, 0.25) is 0 Å². The fourth-order valence-corrected chi connectivity index (χ4v) is 2.65. The van der Waals surface area contributed by atoms with Gasteiger partial charge in [0.1, 0.15) is 0 Å². The van der Waals surface area contributed by atoms with Crippen molar-refractivity contribution in [2.45, 2.75) is 64.5 Å². The molecule has 0 spiro atoms. The molecule has 2 rings (SSSR count). The van der Waals surface area contributed by atoms with Crippen molar-refractivity contribution in [2.75, 3.05) is 13.2 Å². The number of hydrogen-bond donors (Lipinski definition) is 1. The topological polar surface area (TPSA) is 39.1 Å². The number of nitrogens with zero attached hydrogens (tertiary/aromatic N) is 2. The molecule has 1 aliphatic carbocycles. The van der Waals surface area contributed by atoms with Crippen LogP contribution >= 0.6 is 0 Å². The number of rotatable bonds is 8.